The van der Waals surface area contributed by atoms with Crippen molar-refractivity contribution in [3.05, 3.63) is 173 Å². The molecule has 3 nitrogen and oxygen atoms in total. The summed E-state index contributed by atoms with van der Waals surface area (Å²) in [6.07, 6.45) is 1.11. The molecule has 7 aromatic rings. The summed E-state index contributed by atoms with van der Waals surface area (Å²) in [4.78, 5) is 18.2. The molecule has 6 aromatic carbocycles. The third kappa shape index (κ3) is 4.42. The Morgan fingerprint density at radius 2 is 0.902 bits per heavy atom. The van der Waals surface area contributed by atoms with Crippen molar-refractivity contribution in [3.63, 3.8) is 0 Å². The lowest BCUT2D eigenvalue weighted by atomic mass is 9.67. The van der Waals surface area contributed by atoms with Gasteiger partial charge < -0.3 is 0 Å². The Morgan fingerprint density at radius 1 is 0.412 bits per heavy atom. The molecule has 0 saturated carbocycles. The SMILES string of the molecule is CC1(C)CC(C)(C)c2cc(-c3nc(-c4ccccc4)nc(-c4ccc5c(c4)C4(c6ccccc6Sc6ccccc64)c4ccccc4-5)n3)ccc21. The van der Waals surface area contributed by atoms with Gasteiger partial charge >= 0.3 is 0 Å². The van der Waals surface area contributed by atoms with Crippen LogP contribution >= 0.6 is 11.8 Å². The standard InChI is InChI=1S/C47H37N3S/c1-45(2)28-46(3,4)39-27-31(23-25-35(39)45)44-49-42(29-14-6-5-7-15-29)48-43(50-44)30-22-24-33-32-16-8-9-17-34(32)47(38(33)26-30)36-18-10-12-20-40(36)51-41-21-13-11-19-37(41)47/h5-27H,28H2,1-4H3. The van der Waals surface area contributed by atoms with Crippen LogP contribution in [-0.4, -0.2) is 15.0 Å². The maximum Gasteiger partial charge on any atom is 0.164 e. The second-order valence-corrected chi connectivity index (χ2v) is 16.6. The highest BCUT2D eigenvalue weighted by Crippen LogP contribution is 2.62. The molecule has 1 spiro atoms. The number of nitrogens with zero attached hydrogens (tertiary/aromatic N) is 3. The number of rotatable bonds is 3. The quantitative estimate of drug-likeness (QED) is 0.187. The van der Waals surface area contributed by atoms with Gasteiger partial charge in [-0.3, -0.25) is 0 Å². The topological polar surface area (TPSA) is 38.7 Å². The van der Waals surface area contributed by atoms with Gasteiger partial charge in [0.2, 0.25) is 0 Å². The third-order valence-electron chi connectivity index (χ3n) is 11.4. The summed E-state index contributed by atoms with van der Waals surface area (Å²) < 4.78 is 0. The largest absolute Gasteiger partial charge is 0.208 e. The molecule has 246 valence electrons. The summed E-state index contributed by atoms with van der Waals surface area (Å²) in [5.74, 6) is 2.06. The van der Waals surface area contributed by atoms with E-state index in [1.165, 1.54) is 54.3 Å². The van der Waals surface area contributed by atoms with Gasteiger partial charge in [-0.1, -0.05) is 155 Å². The first kappa shape index (κ1) is 30.5. The van der Waals surface area contributed by atoms with E-state index >= 15 is 0 Å². The Bertz CT molecular complexity index is 2500. The number of hydrogen-bond acceptors (Lipinski definition) is 4. The zero-order valence-electron chi connectivity index (χ0n) is 29.2. The summed E-state index contributed by atoms with van der Waals surface area (Å²) in [5, 5.41) is 0. The van der Waals surface area contributed by atoms with Crippen molar-refractivity contribution < 1.29 is 0 Å². The Labute approximate surface area is 303 Å². The molecule has 0 saturated heterocycles. The molecule has 4 heteroatoms. The molecule has 2 aliphatic carbocycles. The lowest BCUT2D eigenvalue weighted by Crippen LogP contribution is -2.31. The molecular weight excluding hydrogens is 639 g/mol. The predicted octanol–water partition coefficient (Wildman–Crippen LogP) is 11.7. The lowest BCUT2D eigenvalue weighted by Gasteiger charge is -2.39. The highest BCUT2D eigenvalue weighted by molar-refractivity contribution is 7.99. The maximum absolute atomic E-state index is 5.28. The van der Waals surface area contributed by atoms with Gasteiger partial charge in [-0.15, -0.1) is 0 Å². The molecule has 0 unspecified atom stereocenters. The van der Waals surface area contributed by atoms with Gasteiger partial charge in [-0.25, -0.2) is 15.0 Å². The summed E-state index contributed by atoms with van der Waals surface area (Å²) in [6.45, 7) is 9.43. The summed E-state index contributed by atoms with van der Waals surface area (Å²) in [6, 6.07) is 50.8. The zero-order chi connectivity index (χ0) is 34.5. The van der Waals surface area contributed by atoms with Crippen LogP contribution < -0.4 is 0 Å². The fourth-order valence-corrected chi connectivity index (χ4v) is 10.7. The highest BCUT2D eigenvalue weighted by Gasteiger charge is 2.50. The van der Waals surface area contributed by atoms with Crippen LogP contribution in [0.3, 0.4) is 0 Å². The van der Waals surface area contributed by atoms with Gasteiger partial charge in [0.25, 0.3) is 0 Å². The molecule has 0 atom stereocenters. The smallest absolute Gasteiger partial charge is 0.164 e. The first-order chi connectivity index (χ1) is 24.7. The molecule has 0 radical (unpaired) electrons. The van der Waals surface area contributed by atoms with Crippen LogP contribution in [0.25, 0.3) is 45.3 Å². The minimum absolute atomic E-state index is 0.0706. The summed E-state index contributed by atoms with van der Waals surface area (Å²) >= 11 is 1.87. The molecule has 3 aliphatic rings. The fraction of sp³-hybridized carbons (Fsp3) is 0.170. The van der Waals surface area contributed by atoms with Gasteiger partial charge in [-0.2, -0.15) is 0 Å². The van der Waals surface area contributed by atoms with Crippen molar-refractivity contribution in [2.24, 2.45) is 0 Å². The monoisotopic (exact) mass is 675 g/mol. The third-order valence-corrected chi connectivity index (χ3v) is 12.5. The molecule has 0 bridgehead atoms. The van der Waals surface area contributed by atoms with Crippen molar-refractivity contribution in [2.75, 3.05) is 0 Å². The van der Waals surface area contributed by atoms with Crippen LogP contribution in [0.4, 0.5) is 0 Å². The highest BCUT2D eigenvalue weighted by atomic mass is 32.2. The van der Waals surface area contributed by atoms with Gasteiger partial charge in [0.15, 0.2) is 17.5 Å². The molecule has 1 aromatic heterocycles. The second-order valence-electron chi connectivity index (χ2n) is 15.5. The van der Waals surface area contributed by atoms with Crippen LogP contribution in [0.2, 0.25) is 0 Å². The average molecular weight is 676 g/mol. The van der Waals surface area contributed by atoms with E-state index in [0.717, 1.165) is 23.1 Å². The zero-order valence-corrected chi connectivity index (χ0v) is 30.1. The number of hydrogen-bond donors (Lipinski definition) is 0. The number of fused-ring (bicyclic) bond motifs is 10. The van der Waals surface area contributed by atoms with E-state index in [-0.39, 0.29) is 10.8 Å². The van der Waals surface area contributed by atoms with Crippen LogP contribution in [0.5, 0.6) is 0 Å². The van der Waals surface area contributed by atoms with E-state index in [1.54, 1.807) is 0 Å². The second kappa shape index (κ2) is 10.8. The van der Waals surface area contributed by atoms with Crippen molar-refractivity contribution in [2.45, 2.75) is 60.2 Å². The molecule has 0 amide bonds. The Kier molecular flexibility index (Phi) is 6.48. The van der Waals surface area contributed by atoms with E-state index in [9.17, 15) is 0 Å². The minimum Gasteiger partial charge on any atom is -0.208 e. The molecule has 0 fully saturated rings. The normalized spacial score (nSPS) is 16.5. The number of benzene rings is 6. The predicted molar refractivity (Wildman–Crippen MR) is 208 cm³/mol. The molecule has 51 heavy (non-hydrogen) atoms. The van der Waals surface area contributed by atoms with Crippen LogP contribution in [0.15, 0.2) is 149 Å². The van der Waals surface area contributed by atoms with Gasteiger partial charge in [-0.05, 0) is 86.0 Å². The van der Waals surface area contributed by atoms with Crippen LogP contribution in [-0.2, 0) is 16.2 Å². The molecule has 1 aliphatic heterocycles. The van der Waals surface area contributed by atoms with E-state index < -0.39 is 5.41 Å². The van der Waals surface area contributed by atoms with E-state index in [1.807, 2.05) is 30.0 Å². The Morgan fingerprint density at radius 3 is 1.57 bits per heavy atom. The maximum atomic E-state index is 5.28. The van der Waals surface area contributed by atoms with Gasteiger partial charge in [0.1, 0.15) is 0 Å². The Balaban J connectivity index is 1.22. The minimum atomic E-state index is -0.461. The lowest BCUT2D eigenvalue weighted by molar-refractivity contribution is 0.403. The molecule has 2 heterocycles. The van der Waals surface area contributed by atoms with E-state index in [0.29, 0.717) is 17.5 Å². The van der Waals surface area contributed by atoms with Crippen LogP contribution in [0.1, 0.15) is 67.5 Å². The van der Waals surface area contributed by atoms with E-state index in [2.05, 4.69) is 149 Å². The summed E-state index contributed by atoms with van der Waals surface area (Å²) in [5.41, 5.74) is 13.3. The first-order valence-corrected chi connectivity index (χ1v) is 18.6. The molecular formula is C47H37N3S. The van der Waals surface area contributed by atoms with Crippen molar-refractivity contribution in [3.8, 4) is 45.3 Å². The molecule has 0 N–H and O–H groups in total. The summed E-state index contributed by atoms with van der Waals surface area (Å²) in [7, 11) is 0. The number of aromatic nitrogens is 3. The van der Waals surface area contributed by atoms with Crippen molar-refractivity contribution >= 4 is 11.8 Å². The van der Waals surface area contributed by atoms with Crippen molar-refractivity contribution in [1.29, 1.82) is 0 Å². The van der Waals surface area contributed by atoms with E-state index in [4.69, 9.17) is 15.0 Å². The Hall–Kier alpha value is -5.32. The fourth-order valence-electron chi connectivity index (χ4n) is 9.47. The van der Waals surface area contributed by atoms with Gasteiger partial charge in [0.05, 0.1) is 5.41 Å². The molecule has 10 rings (SSSR count). The average Bonchev–Trinajstić information content (AvgIpc) is 3.55. The van der Waals surface area contributed by atoms with Crippen molar-refractivity contribution in [1.82, 2.24) is 15.0 Å². The van der Waals surface area contributed by atoms with Crippen LogP contribution in [0, 0.1) is 0 Å². The van der Waals surface area contributed by atoms with Gasteiger partial charge in [0, 0.05) is 26.5 Å². The first-order valence-electron chi connectivity index (χ1n) is 17.8.